The van der Waals surface area contributed by atoms with Gasteiger partial charge in [-0.15, -0.1) is 0 Å². The van der Waals surface area contributed by atoms with Crippen molar-refractivity contribution in [3.05, 3.63) is 0 Å². The lowest BCUT2D eigenvalue weighted by Crippen LogP contribution is -2.22. The predicted octanol–water partition coefficient (Wildman–Crippen LogP) is 2.83. The summed E-state index contributed by atoms with van der Waals surface area (Å²) in [6.45, 7) is 0. The van der Waals surface area contributed by atoms with Gasteiger partial charge < -0.3 is 0 Å². The molecule has 0 aliphatic heterocycles. The second kappa shape index (κ2) is 5.95. The average molecular weight is 242 g/mol. The SMILES string of the molecule is O=C1CCCC1CCS(=O)C1CCCCC1. The molecule has 0 aromatic carbocycles. The highest BCUT2D eigenvalue weighted by Crippen LogP contribution is 2.27. The summed E-state index contributed by atoms with van der Waals surface area (Å²) in [4.78, 5) is 11.5. The third kappa shape index (κ3) is 3.16. The van der Waals surface area contributed by atoms with Crippen molar-refractivity contribution in [3.63, 3.8) is 0 Å². The fourth-order valence-electron chi connectivity index (χ4n) is 2.95. The van der Waals surface area contributed by atoms with Gasteiger partial charge in [-0.05, 0) is 32.1 Å². The van der Waals surface area contributed by atoms with Gasteiger partial charge >= 0.3 is 0 Å². The molecule has 0 aromatic rings. The lowest BCUT2D eigenvalue weighted by atomic mass is 10.0. The summed E-state index contributed by atoms with van der Waals surface area (Å²) in [6.07, 6.45) is 9.84. The molecule has 0 aromatic heterocycles. The van der Waals surface area contributed by atoms with Crippen LogP contribution in [0.1, 0.15) is 57.8 Å². The molecule has 2 aliphatic rings. The van der Waals surface area contributed by atoms with E-state index in [1.54, 1.807) is 0 Å². The number of hydrogen-bond acceptors (Lipinski definition) is 2. The van der Waals surface area contributed by atoms with Crippen LogP contribution >= 0.6 is 0 Å². The first-order valence-electron chi connectivity index (χ1n) is 6.67. The largest absolute Gasteiger partial charge is 0.299 e. The van der Waals surface area contributed by atoms with Crippen LogP contribution in [0.5, 0.6) is 0 Å². The minimum absolute atomic E-state index is 0.243. The molecule has 2 rings (SSSR count). The van der Waals surface area contributed by atoms with Gasteiger partial charge in [0.1, 0.15) is 5.78 Å². The molecule has 0 heterocycles. The Balaban J connectivity index is 1.72. The third-order valence-electron chi connectivity index (χ3n) is 4.02. The molecule has 2 nitrogen and oxygen atoms in total. The Kier molecular flexibility index (Phi) is 4.56. The van der Waals surface area contributed by atoms with Crippen LogP contribution in [0.2, 0.25) is 0 Å². The smallest absolute Gasteiger partial charge is 0.136 e. The Morgan fingerprint density at radius 1 is 1.06 bits per heavy atom. The van der Waals surface area contributed by atoms with E-state index in [0.29, 0.717) is 11.0 Å². The second-order valence-corrected chi connectivity index (χ2v) is 7.03. The number of carbonyl (C=O) groups excluding carboxylic acids is 1. The maximum atomic E-state index is 12.1. The van der Waals surface area contributed by atoms with Crippen LogP contribution in [-0.4, -0.2) is 21.0 Å². The van der Waals surface area contributed by atoms with Gasteiger partial charge in [-0.25, -0.2) is 0 Å². The summed E-state index contributed by atoms with van der Waals surface area (Å²) >= 11 is 0. The van der Waals surface area contributed by atoms with Gasteiger partial charge in [-0.1, -0.05) is 19.3 Å². The molecule has 0 bridgehead atoms. The first-order valence-corrected chi connectivity index (χ1v) is 8.05. The summed E-state index contributed by atoms with van der Waals surface area (Å²) in [5.41, 5.74) is 0. The van der Waals surface area contributed by atoms with E-state index in [1.165, 1.54) is 19.3 Å². The van der Waals surface area contributed by atoms with Crippen LogP contribution in [-0.2, 0) is 15.6 Å². The number of ketones is 1. The van der Waals surface area contributed by atoms with Crippen LogP contribution in [0.15, 0.2) is 0 Å². The Morgan fingerprint density at radius 3 is 2.44 bits per heavy atom. The molecular formula is C13H22O2S. The molecule has 0 spiro atoms. The average Bonchev–Trinajstić information content (AvgIpc) is 2.73. The maximum absolute atomic E-state index is 12.1. The zero-order chi connectivity index (χ0) is 11.4. The van der Waals surface area contributed by atoms with E-state index in [1.807, 2.05) is 0 Å². The number of carbonyl (C=O) groups is 1. The van der Waals surface area contributed by atoms with Crippen LogP contribution in [0, 0.1) is 5.92 Å². The highest BCUT2D eigenvalue weighted by molar-refractivity contribution is 7.85. The molecule has 0 amide bonds. The van der Waals surface area contributed by atoms with Gasteiger partial charge in [0.25, 0.3) is 0 Å². The molecule has 2 aliphatic carbocycles. The van der Waals surface area contributed by atoms with E-state index in [4.69, 9.17) is 0 Å². The summed E-state index contributed by atoms with van der Waals surface area (Å²) < 4.78 is 12.1. The highest BCUT2D eigenvalue weighted by Gasteiger charge is 2.26. The molecule has 2 unspecified atom stereocenters. The molecule has 16 heavy (non-hydrogen) atoms. The first-order chi connectivity index (χ1) is 7.77. The van der Waals surface area contributed by atoms with Crippen LogP contribution < -0.4 is 0 Å². The predicted molar refractivity (Wildman–Crippen MR) is 66.8 cm³/mol. The topological polar surface area (TPSA) is 34.1 Å². The lowest BCUT2D eigenvalue weighted by molar-refractivity contribution is -0.120. The molecule has 3 heteroatoms. The van der Waals surface area contributed by atoms with Gasteiger partial charge in [-0.2, -0.15) is 0 Å². The summed E-state index contributed by atoms with van der Waals surface area (Å²) in [5, 5.41) is 0.435. The van der Waals surface area contributed by atoms with Crippen molar-refractivity contribution >= 4 is 16.6 Å². The van der Waals surface area contributed by atoms with Gasteiger partial charge in [-0.3, -0.25) is 9.00 Å². The van der Waals surface area contributed by atoms with E-state index in [9.17, 15) is 9.00 Å². The minimum atomic E-state index is -0.670. The van der Waals surface area contributed by atoms with Crippen LogP contribution in [0.4, 0.5) is 0 Å². The molecule has 0 radical (unpaired) electrons. The second-order valence-electron chi connectivity index (χ2n) is 5.19. The number of rotatable bonds is 4. The number of Topliss-reactive ketones (excluding diaryl/α,β-unsaturated/α-hetero) is 1. The van der Waals surface area contributed by atoms with E-state index in [2.05, 4.69) is 0 Å². The molecule has 2 atom stereocenters. The van der Waals surface area contributed by atoms with Gasteiger partial charge in [0.15, 0.2) is 0 Å². The Hall–Kier alpha value is -0.180. The van der Waals surface area contributed by atoms with Crippen molar-refractivity contribution in [2.24, 2.45) is 5.92 Å². The van der Waals surface area contributed by atoms with Crippen molar-refractivity contribution in [3.8, 4) is 0 Å². The van der Waals surface area contributed by atoms with E-state index in [0.717, 1.165) is 44.3 Å². The normalized spacial score (nSPS) is 29.5. The van der Waals surface area contributed by atoms with Crippen molar-refractivity contribution < 1.29 is 9.00 Å². The van der Waals surface area contributed by atoms with Crippen molar-refractivity contribution in [2.45, 2.75) is 63.0 Å². The zero-order valence-corrected chi connectivity index (χ0v) is 10.8. The van der Waals surface area contributed by atoms with Gasteiger partial charge in [0.2, 0.25) is 0 Å². The monoisotopic (exact) mass is 242 g/mol. The highest BCUT2D eigenvalue weighted by atomic mass is 32.2. The molecule has 92 valence electrons. The van der Waals surface area contributed by atoms with Crippen LogP contribution in [0.25, 0.3) is 0 Å². The van der Waals surface area contributed by atoms with Crippen molar-refractivity contribution in [2.75, 3.05) is 5.75 Å². The summed E-state index contributed by atoms with van der Waals surface area (Å²) in [5.74, 6) is 1.43. The molecule has 2 saturated carbocycles. The number of hydrogen-bond donors (Lipinski definition) is 0. The van der Waals surface area contributed by atoms with E-state index in [-0.39, 0.29) is 5.92 Å². The summed E-state index contributed by atoms with van der Waals surface area (Å²) in [6, 6.07) is 0. The molecule has 0 saturated heterocycles. The molecule has 0 N–H and O–H groups in total. The first kappa shape index (κ1) is 12.3. The minimum Gasteiger partial charge on any atom is -0.299 e. The van der Waals surface area contributed by atoms with E-state index >= 15 is 0 Å². The fraction of sp³-hybridized carbons (Fsp3) is 0.923. The Morgan fingerprint density at radius 2 is 1.81 bits per heavy atom. The molecule has 2 fully saturated rings. The Bertz CT molecular complexity index is 269. The maximum Gasteiger partial charge on any atom is 0.136 e. The lowest BCUT2D eigenvalue weighted by Gasteiger charge is -2.21. The third-order valence-corrected chi connectivity index (χ3v) is 5.88. The van der Waals surface area contributed by atoms with Gasteiger partial charge in [0.05, 0.1) is 0 Å². The Labute approximate surface area is 101 Å². The molecular weight excluding hydrogens is 220 g/mol. The zero-order valence-electron chi connectivity index (χ0n) is 9.95. The van der Waals surface area contributed by atoms with Crippen LogP contribution in [0.3, 0.4) is 0 Å². The van der Waals surface area contributed by atoms with Crippen molar-refractivity contribution in [1.82, 2.24) is 0 Å². The standard InChI is InChI=1S/C13H22O2S/c14-13-8-4-5-11(13)9-10-16(15)12-6-2-1-3-7-12/h11-12H,1-10H2. The quantitative estimate of drug-likeness (QED) is 0.759. The van der Waals surface area contributed by atoms with E-state index < -0.39 is 10.8 Å². The van der Waals surface area contributed by atoms with Gasteiger partial charge in [0, 0.05) is 34.1 Å². The fourth-order valence-corrected chi connectivity index (χ4v) is 4.66. The van der Waals surface area contributed by atoms with Crippen molar-refractivity contribution in [1.29, 1.82) is 0 Å². The summed E-state index contributed by atoms with van der Waals surface area (Å²) in [7, 11) is -0.670.